The Morgan fingerprint density at radius 2 is 2.05 bits per heavy atom. The summed E-state index contributed by atoms with van der Waals surface area (Å²) in [6, 6.07) is 3.34. The number of hydrogen-bond donors (Lipinski definition) is 1. The van der Waals surface area contributed by atoms with Gasteiger partial charge in [-0.15, -0.1) is 0 Å². The lowest BCUT2D eigenvalue weighted by Crippen LogP contribution is -2.33. The smallest absolute Gasteiger partial charge is 0.305 e. The third kappa shape index (κ3) is 4.24. The zero-order valence-electron chi connectivity index (χ0n) is 11.5. The summed E-state index contributed by atoms with van der Waals surface area (Å²) in [6.45, 7) is 2.52. The van der Waals surface area contributed by atoms with Crippen molar-refractivity contribution in [1.29, 1.82) is 0 Å². The van der Waals surface area contributed by atoms with Crippen LogP contribution in [0.15, 0.2) is 18.3 Å². The van der Waals surface area contributed by atoms with Gasteiger partial charge in [0, 0.05) is 38.9 Å². The predicted octanol–water partition coefficient (Wildman–Crippen LogP) is 1.08. The van der Waals surface area contributed by atoms with E-state index in [9.17, 15) is 9.59 Å². The van der Waals surface area contributed by atoms with Crippen LogP contribution in [0.2, 0.25) is 0 Å². The molecule has 6 nitrogen and oxygen atoms in total. The maximum atomic E-state index is 12.2. The number of aliphatic carboxylic acids is 1. The molecule has 1 rings (SSSR count). The molecule has 0 atom stereocenters. The fraction of sp³-hybridized carbons (Fsp3) is 0.462. The summed E-state index contributed by atoms with van der Waals surface area (Å²) in [5.74, 6) is -0.385. The van der Waals surface area contributed by atoms with Crippen molar-refractivity contribution in [2.45, 2.75) is 13.3 Å². The number of pyridine rings is 1. The van der Waals surface area contributed by atoms with Gasteiger partial charge in [0.1, 0.15) is 5.82 Å². The van der Waals surface area contributed by atoms with Gasteiger partial charge in [-0.2, -0.15) is 0 Å². The number of carbonyl (C=O) groups excluding carboxylic acids is 1. The van der Waals surface area contributed by atoms with Crippen LogP contribution in [0.25, 0.3) is 0 Å². The van der Waals surface area contributed by atoms with E-state index in [1.54, 1.807) is 18.3 Å². The summed E-state index contributed by atoms with van der Waals surface area (Å²) < 4.78 is 0. The average Bonchev–Trinajstić information content (AvgIpc) is 2.39. The van der Waals surface area contributed by atoms with E-state index in [1.807, 2.05) is 25.9 Å². The standard InChI is InChI=1S/C13H19N3O3/c1-4-16(8-6-12(17)18)13(19)10-5-7-14-11(9-10)15(2)3/h5,7,9H,4,6,8H2,1-3H3,(H,17,18). The van der Waals surface area contributed by atoms with Gasteiger partial charge in [0.15, 0.2) is 0 Å². The number of hydrogen-bond acceptors (Lipinski definition) is 4. The molecule has 0 aromatic carbocycles. The fourth-order valence-electron chi connectivity index (χ4n) is 1.61. The Morgan fingerprint density at radius 1 is 1.37 bits per heavy atom. The molecule has 1 heterocycles. The zero-order valence-corrected chi connectivity index (χ0v) is 11.5. The highest BCUT2D eigenvalue weighted by molar-refractivity contribution is 5.95. The van der Waals surface area contributed by atoms with Crippen molar-refractivity contribution in [3.8, 4) is 0 Å². The van der Waals surface area contributed by atoms with Crippen molar-refractivity contribution in [3.63, 3.8) is 0 Å². The van der Waals surface area contributed by atoms with Crippen molar-refractivity contribution in [2.24, 2.45) is 0 Å². The Kier molecular flexibility index (Phi) is 5.29. The first-order chi connectivity index (χ1) is 8.95. The maximum Gasteiger partial charge on any atom is 0.305 e. The molecule has 1 amide bonds. The third-order valence-corrected chi connectivity index (χ3v) is 2.72. The molecule has 1 aromatic heterocycles. The Morgan fingerprint density at radius 3 is 2.58 bits per heavy atom. The molecule has 6 heteroatoms. The van der Waals surface area contributed by atoms with Gasteiger partial charge < -0.3 is 14.9 Å². The lowest BCUT2D eigenvalue weighted by atomic mass is 10.2. The highest BCUT2D eigenvalue weighted by atomic mass is 16.4. The monoisotopic (exact) mass is 265 g/mol. The molecule has 19 heavy (non-hydrogen) atoms. The van der Waals surface area contributed by atoms with Gasteiger partial charge in [-0.1, -0.05) is 0 Å². The van der Waals surface area contributed by atoms with Crippen LogP contribution in [0.1, 0.15) is 23.7 Å². The Bertz CT molecular complexity index is 460. The summed E-state index contributed by atoms with van der Waals surface area (Å²) in [7, 11) is 3.69. The molecule has 1 aromatic rings. The van der Waals surface area contributed by atoms with Gasteiger partial charge in [-0.05, 0) is 19.1 Å². The second-order valence-corrected chi connectivity index (χ2v) is 4.33. The minimum atomic E-state index is -0.907. The second kappa shape index (κ2) is 6.72. The maximum absolute atomic E-state index is 12.2. The Hall–Kier alpha value is -2.11. The predicted molar refractivity (Wildman–Crippen MR) is 72.4 cm³/mol. The SMILES string of the molecule is CCN(CCC(=O)O)C(=O)c1ccnc(N(C)C)c1. The average molecular weight is 265 g/mol. The lowest BCUT2D eigenvalue weighted by molar-refractivity contribution is -0.137. The topological polar surface area (TPSA) is 73.7 Å². The van der Waals surface area contributed by atoms with Crippen LogP contribution < -0.4 is 4.90 Å². The zero-order chi connectivity index (χ0) is 14.4. The van der Waals surface area contributed by atoms with E-state index < -0.39 is 5.97 Å². The molecule has 0 spiro atoms. The molecule has 0 saturated carbocycles. The van der Waals surface area contributed by atoms with E-state index in [2.05, 4.69) is 4.98 Å². The molecule has 0 saturated heterocycles. The number of aromatic nitrogens is 1. The lowest BCUT2D eigenvalue weighted by Gasteiger charge is -2.20. The fourth-order valence-corrected chi connectivity index (χ4v) is 1.61. The Labute approximate surface area is 112 Å². The van der Waals surface area contributed by atoms with Gasteiger partial charge in [0.05, 0.1) is 6.42 Å². The highest BCUT2D eigenvalue weighted by Crippen LogP contribution is 2.12. The normalized spacial score (nSPS) is 10.1. The van der Waals surface area contributed by atoms with Crippen LogP contribution in [0.4, 0.5) is 5.82 Å². The van der Waals surface area contributed by atoms with Crippen molar-refractivity contribution in [2.75, 3.05) is 32.1 Å². The molecule has 0 bridgehead atoms. The van der Waals surface area contributed by atoms with E-state index in [0.29, 0.717) is 17.9 Å². The van der Waals surface area contributed by atoms with E-state index in [1.165, 1.54) is 4.90 Å². The van der Waals surface area contributed by atoms with E-state index in [0.717, 1.165) is 0 Å². The number of nitrogens with zero attached hydrogens (tertiary/aromatic N) is 3. The molecule has 0 aliphatic rings. The second-order valence-electron chi connectivity index (χ2n) is 4.33. The molecular weight excluding hydrogens is 246 g/mol. The first kappa shape index (κ1) is 14.9. The number of anilines is 1. The number of carboxylic acids is 1. The molecule has 1 N–H and O–H groups in total. The van der Waals surface area contributed by atoms with Crippen LogP contribution in [0.5, 0.6) is 0 Å². The first-order valence-corrected chi connectivity index (χ1v) is 6.10. The minimum absolute atomic E-state index is 0.0504. The molecular formula is C13H19N3O3. The van der Waals surface area contributed by atoms with Crippen LogP contribution >= 0.6 is 0 Å². The van der Waals surface area contributed by atoms with Gasteiger partial charge in [-0.3, -0.25) is 9.59 Å². The quantitative estimate of drug-likeness (QED) is 0.833. The summed E-state index contributed by atoms with van der Waals surface area (Å²) in [5, 5.41) is 8.67. The van der Waals surface area contributed by atoms with E-state index >= 15 is 0 Å². The highest BCUT2D eigenvalue weighted by Gasteiger charge is 2.16. The van der Waals surface area contributed by atoms with Crippen molar-refractivity contribution in [3.05, 3.63) is 23.9 Å². The molecule has 0 fully saturated rings. The van der Waals surface area contributed by atoms with Crippen LogP contribution in [0.3, 0.4) is 0 Å². The van der Waals surface area contributed by atoms with Crippen LogP contribution in [-0.4, -0.2) is 54.1 Å². The number of carbonyl (C=O) groups is 2. The largest absolute Gasteiger partial charge is 0.481 e. The van der Waals surface area contributed by atoms with Gasteiger partial charge in [-0.25, -0.2) is 4.98 Å². The molecule has 0 aliphatic carbocycles. The van der Waals surface area contributed by atoms with E-state index in [4.69, 9.17) is 5.11 Å². The minimum Gasteiger partial charge on any atom is -0.481 e. The van der Waals surface area contributed by atoms with Crippen molar-refractivity contribution in [1.82, 2.24) is 9.88 Å². The van der Waals surface area contributed by atoms with E-state index in [-0.39, 0.29) is 18.9 Å². The van der Waals surface area contributed by atoms with Crippen molar-refractivity contribution >= 4 is 17.7 Å². The number of amides is 1. The third-order valence-electron chi connectivity index (χ3n) is 2.72. The van der Waals surface area contributed by atoms with Crippen molar-refractivity contribution < 1.29 is 14.7 Å². The summed E-state index contributed by atoms with van der Waals surface area (Å²) >= 11 is 0. The van der Waals surface area contributed by atoms with Gasteiger partial charge in [0.2, 0.25) is 0 Å². The number of carboxylic acid groups (broad SMARTS) is 1. The summed E-state index contributed by atoms with van der Waals surface area (Å²) in [6.07, 6.45) is 1.53. The number of rotatable bonds is 6. The molecule has 0 aliphatic heterocycles. The van der Waals surface area contributed by atoms with Gasteiger partial charge >= 0.3 is 5.97 Å². The van der Waals surface area contributed by atoms with Crippen LogP contribution in [-0.2, 0) is 4.79 Å². The first-order valence-electron chi connectivity index (χ1n) is 6.10. The summed E-state index contributed by atoms with van der Waals surface area (Å²) in [5.41, 5.74) is 0.519. The van der Waals surface area contributed by atoms with Gasteiger partial charge in [0.25, 0.3) is 5.91 Å². The Balaban J connectivity index is 2.84. The molecule has 0 unspecified atom stereocenters. The van der Waals surface area contributed by atoms with Crippen LogP contribution in [0, 0.1) is 0 Å². The summed E-state index contributed by atoms with van der Waals surface area (Å²) in [4.78, 5) is 30.3. The molecule has 0 radical (unpaired) electrons. The molecule has 104 valence electrons.